The lowest BCUT2D eigenvalue weighted by Gasteiger charge is -2.08. The fraction of sp³-hybridized carbons (Fsp3) is 0.667. The van der Waals surface area contributed by atoms with E-state index in [1.54, 1.807) is 0 Å². The molecule has 1 aromatic carbocycles. The van der Waals surface area contributed by atoms with Gasteiger partial charge >= 0.3 is 0 Å². The smallest absolute Gasteiger partial charge is 0.0342 e. The van der Waals surface area contributed by atoms with Gasteiger partial charge in [-0.25, -0.2) is 0 Å². The molecule has 0 fully saturated rings. The van der Waals surface area contributed by atoms with Gasteiger partial charge in [0.2, 0.25) is 0 Å². The van der Waals surface area contributed by atoms with Gasteiger partial charge in [-0.3, -0.25) is 0 Å². The van der Waals surface area contributed by atoms with E-state index in [0.717, 1.165) is 6.54 Å². The topological polar surface area (TPSA) is 12.0 Å². The van der Waals surface area contributed by atoms with Crippen LogP contribution >= 0.6 is 0 Å². The molecule has 0 aliphatic carbocycles. The molecule has 19 heavy (non-hydrogen) atoms. The third kappa shape index (κ3) is 7.92. The molecule has 0 heterocycles. The summed E-state index contributed by atoms with van der Waals surface area (Å²) in [5.41, 5.74) is 2.77. The van der Waals surface area contributed by atoms with Crippen molar-refractivity contribution in [2.45, 2.75) is 71.6 Å². The summed E-state index contributed by atoms with van der Waals surface area (Å²) in [5, 5.41) is 3.55. The van der Waals surface area contributed by atoms with Crippen LogP contribution < -0.4 is 5.32 Å². The van der Waals surface area contributed by atoms with Gasteiger partial charge in [0.25, 0.3) is 0 Å². The first-order valence-electron chi connectivity index (χ1n) is 8.19. The minimum atomic E-state index is 1.11. The SMILES string of the molecule is CCCCCCCNc1cccc(CCCCC)c1. The number of unbranched alkanes of at least 4 members (excludes halogenated alkanes) is 6. The molecule has 1 nitrogen and oxygen atoms in total. The van der Waals surface area contributed by atoms with Crippen LogP contribution in [0.4, 0.5) is 5.69 Å². The molecule has 0 spiro atoms. The van der Waals surface area contributed by atoms with Crippen molar-refractivity contribution in [3.8, 4) is 0 Å². The maximum absolute atomic E-state index is 3.55. The van der Waals surface area contributed by atoms with E-state index in [2.05, 4.69) is 43.4 Å². The molecule has 0 saturated carbocycles. The molecule has 1 heteroatoms. The average Bonchev–Trinajstić information content (AvgIpc) is 2.43. The van der Waals surface area contributed by atoms with Crippen LogP contribution in [0.3, 0.4) is 0 Å². The second-order valence-corrected chi connectivity index (χ2v) is 5.50. The number of benzene rings is 1. The lowest BCUT2D eigenvalue weighted by Crippen LogP contribution is -2.01. The predicted molar refractivity (Wildman–Crippen MR) is 86.9 cm³/mol. The first-order valence-corrected chi connectivity index (χ1v) is 8.19. The van der Waals surface area contributed by atoms with E-state index in [1.165, 1.54) is 69.0 Å². The fourth-order valence-electron chi connectivity index (χ4n) is 2.38. The van der Waals surface area contributed by atoms with Gasteiger partial charge in [0.1, 0.15) is 0 Å². The van der Waals surface area contributed by atoms with E-state index >= 15 is 0 Å². The van der Waals surface area contributed by atoms with Crippen molar-refractivity contribution in [1.29, 1.82) is 0 Å². The summed E-state index contributed by atoms with van der Waals surface area (Å²) in [6, 6.07) is 8.94. The molecule has 0 aromatic heterocycles. The average molecular weight is 261 g/mol. The summed E-state index contributed by atoms with van der Waals surface area (Å²) in [6.45, 7) is 5.64. The summed E-state index contributed by atoms with van der Waals surface area (Å²) in [5.74, 6) is 0. The molecule has 0 bridgehead atoms. The summed E-state index contributed by atoms with van der Waals surface area (Å²) in [6.07, 6.45) is 11.9. The molecule has 0 unspecified atom stereocenters. The number of anilines is 1. The zero-order valence-electron chi connectivity index (χ0n) is 12.9. The predicted octanol–water partition coefficient (Wildman–Crippen LogP) is 5.80. The van der Waals surface area contributed by atoms with Crippen LogP contribution in [-0.2, 0) is 6.42 Å². The number of hydrogen-bond donors (Lipinski definition) is 1. The number of nitrogens with one attached hydrogen (secondary N) is 1. The number of hydrogen-bond acceptors (Lipinski definition) is 1. The number of rotatable bonds is 11. The van der Waals surface area contributed by atoms with E-state index in [9.17, 15) is 0 Å². The minimum Gasteiger partial charge on any atom is -0.385 e. The van der Waals surface area contributed by atoms with Crippen molar-refractivity contribution in [3.63, 3.8) is 0 Å². The zero-order valence-corrected chi connectivity index (χ0v) is 12.9. The van der Waals surface area contributed by atoms with Crippen LogP contribution in [0.5, 0.6) is 0 Å². The third-order valence-electron chi connectivity index (χ3n) is 3.61. The fourth-order valence-corrected chi connectivity index (χ4v) is 2.38. The Morgan fingerprint density at radius 2 is 1.58 bits per heavy atom. The quantitative estimate of drug-likeness (QED) is 0.496. The molecule has 0 amide bonds. The highest BCUT2D eigenvalue weighted by atomic mass is 14.9. The maximum atomic E-state index is 3.55. The Hall–Kier alpha value is -0.980. The Labute approximate surface area is 119 Å². The molecular formula is C18H31N. The van der Waals surface area contributed by atoms with E-state index < -0.39 is 0 Å². The van der Waals surface area contributed by atoms with Crippen molar-refractivity contribution < 1.29 is 0 Å². The van der Waals surface area contributed by atoms with E-state index in [4.69, 9.17) is 0 Å². The molecule has 0 radical (unpaired) electrons. The Bertz CT molecular complexity index is 319. The molecule has 1 rings (SSSR count). The Morgan fingerprint density at radius 1 is 0.842 bits per heavy atom. The van der Waals surface area contributed by atoms with Crippen molar-refractivity contribution in [1.82, 2.24) is 0 Å². The largest absolute Gasteiger partial charge is 0.385 e. The summed E-state index contributed by atoms with van der Waals surface area (Å²) < 4.78 is 0. The van der Waals surface area contributed by atoms with Gasteiger partial charge in [0.05, 0.1) is 0 Å². The van der Waals surface area contributed by atoms with Crippen molar-refractivity contribution in [2.24, 2.45) is 0 Å². The summed E-state index contributed by atoms with van der Waals surface area (Å²) in [7, 11) is 0. The molecular weight excluding hydrogens is 230 g/mol. The van der Waals surface area contributed by atoms with Gasteiger partial charge in [-0.05, 0) is 37.0 Å². The molecule has 0 aliphatic rings. The van der Waals surface area contributed by atoms with Crippen LogP contribution in [0.15, 0.2) is 24.3 Å². The highest BCUT2D eigenvalue weighted by Crippen LogP contribution is 2.14. The van der Waals surface area contributed by atoms with Crippen molar-refractivity contribution in [3.05, 3.63) is 29.8 Å². The normalized spacial score (nSPS) is 10.6. The number of aryl methyl sites for hydroxylation is 1. The molecule has 0 atom stereocenters. The lowest BCUT2D eigenvalue weighted by molar-refractivity contribution is 0.645. The monoisotopic (exact) mass is 261 g/mol. The molecule has 1 N–H and O–H groups in total. The van der Waals surface area contributed by atoms with Gasteiger partial charge in [-0.1, -0.05) is 64.5 Å². The van der Waals surface area contributed by atoms with Crippen LogP contribution in [-0.4, -0.2) is 6.54 Å². The van der Waals surface area contributed by atoms with Crippen LogP contribution in [0, 0.1) is 0 Å². The molecule has 0 saturated heterocycles. The van der Waals surface area contributed by atoms with Gasteiger partial charge in [0, 0.05) is 12.2 Å². The van der Waals surface area contributed by atoms with Gasteiger partial charge in [0.15, 0.2) is 0 Å². The van der Waals surface area contributed by atoms with Crippen LogP contribution in [0.2, 0.25) is 0 Å². The van der Waals surface area contributed by atoms with Gasteiger partial charge in [-0.15, -0.1) is 0 Å². The van der Waals surface area contributed by atoms with Crippen LogP contribution in [0.25, 0.3) is 0 Å². The second kappa shape index (κ2) is 10.9. The molecule has 0 aliphatic heterocycles. The minimum absolute atomic E-state index is 1.11. The van der Waals surface area contributed by atoms with Crippen LogP contribution in [0.1, 0.15) is 70.8 Å². The Morgan fingerprint density at radius 3 is 2.37 bits per heavy atom. The highest BCUT2D eigenvalue weighted by molar-refractivity contribution is 5.45. The van der Waals surface area contributed by atoms with Gasteiger partial charge < -0.3 is 5.32 Å². The van der Waals surface area contributed by atoms with E-state index in [0.29, 0.717) is 0 Å². The summed E-state index contributed by atoms with van der Waals surface area (Å²) in [4.78, 5) is 0. The van der Waals surface area contributed by atoms with Crippen molar-refractivity contribution in [2.75, 3.05) is 11.9 Å². The standard InChI is InChI=1S/C18H31N/c1-3-5-7-8-10-15-19-18-14-11-13-17(16-18)12-9-6-4-2/h11,13-14,16,19H,3-10,12,15H2,1-2H3. The third-order valence-corrected chi connectivity index (χ3v) is 3.61. The second-order valence-electron chi connectivity index (χ2n) is 5.50. The summed E-state index contributed by atoms with van der Waals surface area (Å²) >= 11 is 0. The van der Waals surface area contributed by atoms with E-state index in [1.807, 2.05) is 0 Å². The lowest BCUT2D eigenvalue weighted by atomic mass is 10.1. The van der Waals surface area contributed by atoms with E-state index in [-0.39, 0.29) is 0 Å². The first-order chi connectivity index (χ1) is 9.36. The Balaban J connectivity index is 2.20. The first kappa shape index (κ1) is 16.1. The van der Waals surface area contributed by atoms with Gasteiger partial charge in [-0.2, -0.15) is 0 Å². The maximum Gasteiger partial charge on any atom is 0.0342 e. The highest BCUT2D eigenvalue weighted by Gasteiger charge is 1.96. The molecule has 108 valence electrons. The zero-order chi connectivity index (χ0) is 13.8. The van der Waals surface area contributed by atoms with Crippen molar-refractivity contribution >= 4 is 5.69 Å². The Kier molecular flexibility index (Phi) is 9.22. The molecule has 1 aromatic rings.